The summed E-state index contributed by atoms with van der Waals surface area (Å²) in [7, 11) is 0. The van der Waals surface area contributed by atoms with Crippen molar-refractivity contribution in [3.05, 3.63) is 130 Å². The van der Waals surface area contributed by atoms with Crippen LogP contribution in [-0.2, 0) is 29.3 Å². The van der Waals surface area contributed by atoms with Gasteiger partial charge in [-0.25, -0.2) is 9.18 Å². The molecule has 4 aromatic carbocycles. The van der Waals surface area contributed by atoms with Crippen molar-refractivity contribution in [2.24, 2.45) is 0 Å². The van der Waals surface area contributed by atoms with Crippen molar-refractivity contribution in [3.8, 4) is 5.75 Å². The van der Waals surface area contributed by atoms with Crippen LogP contribution in [0.4, 0.5) is 10.1 Å². The largest absolute Gasteiger partial charge is 0.488 e. The van der Waals surface area contributed by atoms with E-state index in [0.29, 0.717) is 6.42 Å². The van der Waals surface area contributed by atoms with Crippen LogP contribution in [0.2, 0.25) is 0 Å². The molecule has 6 nitrogen and oxygen atoms in total. The second-order valence-corrected chi connectivity index (χ2v) is 10.4. The molecule has 0 bridgehead atoms. The molecule has 1 atom stereocenters. The van der Waals surface area contributed by atoms with Crippen molar-refractivity contribution < 1.29 is 23.5 Å². The maximum atomic E-state index is 15.8. The van der Waals surface area contributed by atoms with Crippen LogP contribution >= 0.6 is 15.9 Å². The highest BCUT2D eigenvalue weighted by Gasteiger charge is 2.32. The summed E-state index contributed by atoms with van der Waals surface area (Å²) in [5.41, 5.74) is 2.49. The van der Waals surface area contributed by atoms with Crippen molar-refractivity contribution in [3.63, 3.8) is 0 Å². The van der Waals surface area contributed by atoms with Gasteiger partial charge in [-0.3, -0.25) is 4.79 Å². The topological polar surface area (TPSA) is 67.9 Å². The number of amides is 1. The average molecular weight is 603 g/mol. The fourth-order valence-electron chi connectivity index (χ4n) is 4.31. The summed E-state index contributed by atoms with van der Waals surface area (Å²) in [5, 5.41) is 3.11. The number of benzene rings is 4. The molecule has 0 aliphatic carbocycles. The Kier molecular flexibility index (Phi) is 8.88. The van der Waals surface area contributed by atoms with E-state index in [9.17, 15) is 9.59 Å². The van der Waals surface area contributed by atoms with E-state index in [-0.39, 0.29) is 42.7 Å². The Morgan fingerprint density at radius 1 is 0.875 bits per heavy atom. The molecule has 1 fully saturated rings. The van der Waals surface area contributed by atoms with Crippen LogP contribution in [0.25, 0.3) is 0 Å². The minimum Gasteiger partial charge on any atom is -0.488 e. The average Bonchev–Trinajstić information content (AvgIpc) is 2.95. The lowest BCUT2D eigenvalue weighted by Crippen LogP contribution is -2.54. The van der Waals surface area contributed by atoms with Gasteiger partial charge in [-0.2, -0.15) is 0 Å². The van der Waals surface area contributed by atoms with Gasteiger partial charge in [-0.1, -0.05) is 88.7 Å². The van der Waals surface area contributed by atoms with Gasteiger partial charge >= 0.3 is 5.97 Å². The Morgan fingerprint density at radius 2 is 1.50 bits per heavy atom. The van der Waals surface area contributed by atoms with Gasteiger partial charge in [0.05, 0.1) is 18.3 Å². The zero-order valence-electron chi connectivity index (χ0n) is 21.7. The third-order valence-corrected chi connectivity index (χ3v) is 7.18. The number of hydrogen-bond donors (Lipinski definition) is 1. The summed E-state index contributed by atoms with van der Waals surface area (Å²) < 4.78 is 28.3. The molecule has 0 aromatic heterocycles. The van der Waals surface area contributed by atoms with Gasteiger partial charge in [-0.05, 0) is 47.9 Å². The SMILES string of the molecule is O=C(OCc1ccccc1)c1cc(F)c(N(Cc2ccc(Br)cc2)C(=O)[C@H]2CCN2)cc1OCc1ccccc1. The number of esters is 1. The maximum Gasteiger partial charge on any atom is 0.342 e. The minimum absolute atomic E-state index is 0.0305. The predicted octanol–water partition coefficient (Wildman–Crippen LogP) is 6.42. The third-order valence-electron chi connectivity index (χ3n) is 6.65. The van der Waals surface area contributed by atoms with Crippen LogP contribution in [-0.4, -0.2) is 24.5 Å². The van der Waals surface area contributed by atoms with Crippen LogP contribution in [0.3, 0.4) is 0 Å². The molecule has 5 rings (SSSR count). The molecule has 1 N–H and O–H groups in total. The van der Waals surface area contributed by atoms with E-state index in [1.54, 1.807) is 0 Å². The number of carbonyl (C=O) groups excluding carboxylic acids is 2. The first-order chi connectivity index (χ1) is 19.5. The van der Waals surface area contributed by atoms with E-state index in [4.69, 9.17) is 9.47 Å². The Morgan fingerprint density at radius 3 is 2.10 bits per heavy atom. The van der Waals surface area contributed by atoms with Gasteiger partial charge in [0, 0.05) is 10.5 Å². The number of anilines is 1. The van der Waals surface area contributed by atoms with E-state index in [0.717, 1.165) is 33.8 Å². The number of rotatable bonds is 10. The molecule has 1 saturated heterocycles. The van der Waals surface area contributed by atoms with Crippen molar-refractivity contribution in [1.82, 2.24) is 5.32 Å². The molecule has 40 heavy (non-hydrogen) atoms. The lowest BCUT2D eigenvalue weighted by molar-refractivity contribution is -0.122. The molecular formula is C32H28BrFN2O4. The summed E-state index contributed by atoms with van der Waals surface area (Å²) >= 11 is 3.42. The monoisotopic (exact) mass is 602 g/mol. The van der Waals surface area contributed by atoms with Crippen molar-refractivity contribution in [1.29, 1.82) is 0 Å². The third kappa shape index (κ3) is 6.76. The highest BCUT2D eigenvalue weighted by atomic mass is 79.9. The van der Waals surface area contributed by atoms with Crippen molar-refractivity contribution in [2.75, 3.05) is 11.4 Å². The number of ether oxygens (including phenoxy) is 2. The summed E-state index contributed by atoms with van der Waals surface area (Å²) in [6.07, 6.45) is 0.665. The Labute approximate surface area is 240 Å². The standard InChI is InChI=1S/C32H28BrFN2O4/c33-25-13-11-22(12-14-25)19-36(31(37)28-15-16-35-28)29-18-30(39-20-23-7-3-1-4-8-23)26(17-27(29)34)32(38)40-21-24-9-5-2-6-10-24/h1-14,17-18,28,35H,15-16,19-21H2/t28-/m1/s1. The molecular weight excluding hydrogens is 575 g/mol. The first-order valence-electron chi connectivity index (χ1n) is 13.0. The molecule has 8 heteroatoms. The molecule has 1 aliphatic rings. The number of nitrogens with zero attached hydrogens (tertiary/aromatic N) is 1. The zero-order valence-corrected chi connectivity index (χ0v) is 23.3. The van der Waals surface area contributed by atoms with Crippen molar-refractivity contribution >= 4 is 33.5 Å². The highest BCUT2D eigenvalue weighted by molar-refractivity contribution is 9.10. The summed E-state index contributed by atoms with van der Waals surface area (Å²) in [6.45, 7) is 1.05. The maximum absolute atomic E-state index is 15.8. The fraction of sp³-hybridized carbons (Fsp3) is 0.188. The van der Waals surface area contributed by atoms with Gasteiger partial charge in [0.15, 0.2) is 0 Å². The predicted molar refractivity (Wildman–Crippen MR) is 154 cm³/mol. The number of nitrogens with one attached hydrogen (secondary N) is 1. The summed E-state index contributed by atoms with van der Waals surface area (Å²) in [4.78, 5) is 28.0. The van der Waals surface area contributed by atoms with Crippen molar-refractivity contribution in [2.45, 2.75) is 32.2 Å². The second-order valence-electron chi connectivity index (χ2n) is 9.48. The quantitative estimate of drug-likeness (QED) is 0.212. The van der Waals surface area contributed by atoms with Gasteiger partial charge in [0.25, 0.3) is 0 Å². The molecule has 0 saturated carbocycles. The van der Waals surface area contributed by atoms with Crippen LogP contribution in [0.1, 0.15) is 33.5 Å². The summed E-state index contributed by atoms with van der Waals surface area (Å²) in [5.74, 6) is -1.55. The highest BCUT2D eigenvalue weighted by Crippen LogP contribution is 2.33. The second kappa shape index (κ2) is 12.9. The normalized spacial score (nSPS) is 14.2. The minimum atomic E-state index is -0.719. The van der Waals surface area contributed by atoms with E-state index in [1.165, 1.54) is 11.0 Å². The first-order valence-corrected chi connectivity index (χ1v) is 13.8. The number of hydrogen-bond acceptors (Lipinski definition) is 5. The Bertz CT molecular complexity index is 1460. The van der Waals surface area contributed by atoms with E-state index in [1.807, 2.05) is 84.9 Å². The lowest BCUT2D eigenvalue weighted by atomic mass is 10.0. The Balaban J connectivity index is 1.48. The molecule has 1 heterocycles. The fourth-order valence-corrected chi connectivity index (χ4v) is 4.57. The van der Waals surface area contributed by atoms with Gasteiger partial charge in [0.1, 0.15) is 30.3 Å². The van der Waals surface area contributed by atoms with Crippen LogP contribution < -0.4 is 15.0 Å². The molecule has 0 unspecified atom stereocenters. The molecule has 4 aromatic rings. The lowest BCUT2D eigenvalue weighted by Gasteiger charge is -2.33. The number of carbonyl (C=O) groups is 2. The Hall–Kier alpha value is -4.01. The van der Waals surface area contributed by atoms with Gasteiger partial charge in [0.2, 0.25) is 5.91 Å². The molecule has 0 radical (unpaired) electrons. The van der Waals surface area contributed by atoms with Gasteiger partial charge < -0.3 is 19.7 Å². The number of halogens is 2. The molecule has 1 aliphatic heterocycles. The van der Waals surface area contributed by atoms with E-state index < -0.39 is 17.8 Å². The smallest absolute Gasteiger partial charge is 0.342 e. The van der Waals surface area contributed by atoms with E-state index >= 15 is 4.39 Å². The van der Waals surface area contributed by atoms with Crippen LogP contribution in [0, 0.1) is 5.82 Å². The molecule has 1 amide bonds. The molecule has 0 spiro atoms. The van der Waals surface area contributed by atoms with Crippen LogP contribution in [0.5, 0.6) is 5.75 Å². The first kappa shape index (κ1) is 27.6. The summed E-state index contributed by atoms with van der Waals surface area (Å²) in [6, 6.07) is 28.3. The van der Waals surface area contributed by atoms with E-state index in [2.05, 4.69) is 21.2 Å². The van der Waals surface area contributed by atoms with Crippen LogP contribution in [0.15, 0.2) is 102 Å². The van der Waals surface area contributed by atoms with Gasteiger partial charge in [-0.15, -0.1) is 0 Å². The molecule has 204 valence electrons. The zero-order chi connectivity index (χ0) is 27.9.